The van der Waals surface area contributed by atoms with Crippen LogP contribution in [0.4, 0.5) is 0 Å². The lowest BCUT2D eigenvalue weighted by Gasteiger charge is -2.08. The van der Waals surface area contributed by atoms with Crippen LogP contribution in [0.5, 0.6) is 0 Å². The van der Waals surface area contributed by atoms with Crippen molar-refractivity contribution in [3.05, 3.63) is 48.6 Å². The summed E-state index contributed by atoms with van der Waals surface area (Å²) in [7, 11) is 0. The van der Waals surface area contributed by atoms with Gasteiger partial charge in [0.25, 0.3) is 0 Å². The molecule has 0 heterocycles. The molecule has 0 aliphatic carbocycles. The minimum absolute atomic E-state index is 0.000250. The number of ether oxygens (including phenoxy) is 1. The van der Waals surface area contributed by atoms with E-state index in [1.54, 1.807) is 30.3 Å². The number of aliphatic hydroxyl groups is 1. The van der Waals surface area contributed by atoms with Gasteiger partial charge in [0.2, 0.25) is 0 Å². The Morgan fingerprint density at radius 3 is 2.73 bits per heavy atom. The van der Waals surface area contributed by atoms with Gasteiger partial charge < -0.3 is 9.84 Å². The zero-order chi connectivity index (χ0) is 11.1. The summed E-state index contributed by atoms with van der Waals surface area (Å²) in [6.45, 7) is 3.49. The van der Waals surface area contributed by atoms with Crippen molar-refractivity contribution in [3.63, 3.8) is 0 Å². The van der Waals surface area contributed by atoms with Crippen LogP contribution in [0.15, 0.2) is 43.0 Å². The van der Waals surface area contributed by atoms with Gasteiger partial charge in [-0.15, -0.1) is 6.58 Å². The number of carbonyl (C=O) groups excluding carboxylic acids is 1. The van der Waals surface area contributed by atoms with Crippen LogP contribution in [0, 0.1) is 0 Å². The lowest BCUT2D eigenvalue weighted by atomic mass is 10.2. The zero-order valence-electron chi connectivity index (χ0n) is 8.43. The molecule has 0 radical (unpaired) electrons. The fourth-order valence-electron chi connectivity index (χ4n) is 1.09. The van der Waals surface area contributed by atoms with Crippen molar-refractivity contribution in [2.75, 3.05) is 6.61 Å². The lowest BCUT2D eigenvalue weighted by molar-refractivity contribution is 0.0265. The van der Waals surface area contributed by atoms with Gasteiger partial charge in [-0.25, -0.2) is 4.79 Å². The first-order valence-electron chi connectivity index (χ1n) is 4.75. The molecule has 1 N–H and O–H groups in total. The van der Waals surface area contributed by atoms with Crippen LogP contribution >= 0.6 is 0 Å². The minimum Gasteiger partial charge on any atom is -0.459 e. The minimum atomic E-state index is -0.671. The Morgan fingerprint density at radius 1 is 1.47 bits per heavy atom. The summed E-state index contributed by atoms with van der Waals surface area (Å²) in [4.78, 5) is 11.4. The lowest BCUT2D eigenvalue weighted by Crippen LogP contribution is -2.17. The smallest absolute Gasteiger partial charge is 0.338 e. The van der Waals surface area contributed by atoms with E-state index in [0.29, 0.717) is 12.0 Å². The quantitative estimate of drug-likeness (QED) is 0.590. The Balaban J connectivity index is 2.40. The van der Waals surface area contributed by atoms with Crippen LogP contribution < -0.4 is 0 Å². The van der Waals surface area contributed by atoms with E-state index in [1.165, 1.54) is 0 Å². The highest BCUT2D eigenvalue weighted by atomic mass is 16.5. The highest BCUT2D eigenvalue weighted by Gasteiger charge is 2.08. The SMILES string of the molecule is C=CCC(O)COC(=O)c1ccccc1. The standard InChI is InChI=1S/C12H14O3/c1-2-6-11(13)9-15-12(14)10-7-4-3-5-8-10/h2-5,7-8,11,13H,1,6,9H2. The van der Waals surface area contributed by atoms with Gasteiger partial charge >= 0.3 is 5.97 Å². The largest absolute Gasteiger partial charge is 0.459 e. The van der Waals surface area contributed by atoms with Crippen LogP contribution in [-0.2, 0) is 4.74 Å². The van der Waals surface area contributed by atoms with E-state index in [2.05, 4.69) is 6.58 Å². The fourth-order valence-corrected chi connectivity index (χ4v) is 1.09. The predicted molar refractivity (Wildman–Crippen MR) is 57.5 cm³/mol. The molecule has 1 aromatic rings. The van der Waals surface area contributed by atoms with Gasteiger partial charge in [-0.05, 0) is 18.6 Å². The molecule has 0 saturated carbocycles. The highest BCUT2D eigenvalue weighted by molar-refractivity contribution is 5.89. The Bertz CT molecular complexity index is 319. The summed E-state index contributed by atoms with van der Waals surface area (Å²) < 4.78 is 4.91. The van der Waals surface area contributed by atoms with Crippen molar-refractivity contribution < 1.29 is 14.6 Å². The van der Waals surface area contributed by atoms with E-state index in [0.717, 1.165) is 0 Å². The number of rotatable bonds is 5. The molecule has 0 saturated heterocycles. The number of hydrogen-bond donors (Lipinski definition) is 1. The fraction of sp³-hybridized carbons (Fsp3) is 0.250. The van der Waals surface area contributed by atoms with Gasteiger partial charge in [0, 0.05) is 0 Å². The first-order valence-corrected chi connectivity index (χ1v) is 4.75. The van der Waals surface area contributed by atoms with Crippen molar-refractivity contribution >= 4 is 5.97 Å². The normalized spacial score (nSPS) is 11.8. The highest BCUT2D eigenvalue weighted by Crippen LogP contribution is 2.02. The molecule has 3 nitrogen and oxygen atoms in total. The van der Waals surface area contributed by atoms with Crippen LogP contribution in [0.25, 0.3) is 0 Å². The average molecular weight is 206 g/mol. The third-order valence-corrected chi connectivity index (χ3v) is 1.86. The van der Waals surface area contributed by atoms with Gasteiger partial charge in [0.05, 0.1) is 11.7 Å². The third-order valence-electron chi connectivity index (χ3n) is 1.86. The van der Waals surface area contributed by atoms with Crippen LogP contribution in [-0.4, -0.2) is 23.8 Å². The second-order valence-corrected chi connectivity index (χ2v) is 3.14. The van der Waals surface area contributed by atoms with Crippen LogP contribution in [0.3, 0.4) is 0 Å². The third kappa shape index (κ3) is 3.95. The second-order valence-electron chi connectivity index (χ2n) is 3.14. The van der Waals surface area contributed by atoms with Crippen molar-refractivity contribution in [1.82, 2.24) is 0 Å². The van der Waals surface area contributed by atoms with Gasteiger partial charge in [-0.2, -0.15) is 0 Å². The Hall–Kier alpha value is -1.61. The molecule has 0 aliphatic heterocycles. The summed E-state index contributed by atoms with van der Waals surface area (Å²) in [5.41, 5.74) is 0.489. The Kier molecular flexibility index (Phi) is 4.57. The second kappa shape index (κ2) is 5.98. The van der Waals surface area contributed by atoms with E-state index in [9.17, 15) is 9.90 Å². The molecule has 0 amide bonds. The molecular formula is C12H14O3. The monoisotopic (exact) mass is 206 g/mol. The maximum absolute atomic E-state index is 11.4. The maximum Gasteiger partial charge on any atom is 0.338 e. The Morgan fingerprint density at radius 2 is 2.13 bits per heavy atom. The summed E-state index contributed by atoms with van der Waals surface area (Å²) in [5, 5.41) is 9.30. The molecule has 3 heteroatoms. The Labute approximate surface area is 89.0 Å². The molecule has 1 aromatic carbocycles. The first-order chi connectivity index (χ1) is 7.24. The molecule has 1 atom stereocenters. The summed E-state index contributed by atoms with van der Waals surface area (Å²) >= 11 is 0. The molecule has 15 heavy (non-hydrogen) atoms. The molecule has 1 rings (SSSR count). The van der Waals surface area contributed by atoms with E-state index >= 15 is 0 Å². The van der Waals surface area contributed by atoms with E-state index in [4.69, 9.17) is 4.74 Å². The number of carbonyl (C=O) groups is 1. The van der Waals surface area contributed by atoms with E-state index in [1.807, 2.05) is 6.07 Å². The van der Waals surface area contributed by atoms with Crippen molar-refractivity contribution in [2.24, 2.45) is 0 Å². The molecule has 0 aliphatic rings. The van der Waals surface area contributed by atoms with Crippen molar-refractivity contribution in [2.45, 2.75) is 12.5 Å². The van der Waals surface area contributed by atoms with Crippen LogP contribution in [0.1, 0.15) is 16.8 Å². The summed E-state index contributed by atoms with van der Waals surface area (Å²) in [6.07, 6.45) is 1.33. The average Bonchev–Trinajstić information content (AvgIpc) is 2.27. The van der Waals surface area contributed by atoms with Crippen molar-refractivity contribution in [1.29, 1.82) is 0 Å². The summed E-state index contributed by atoms with van der Waals surface area (Å²) in [5.74, 6) is -0.418. The van der Waals surface area contributed by atoms with Gasteiger partial charge in [0.15, 0.2) is 0 Å². The van der Waals surface area contributed by atoms with Gasteiger partial charge in [-0.1, -0.05) is 24.3 Å². The van der Waals surface area contributed by atoms with Crippen molar-refractivity contribution in [3.8, 4) is 0 Å². The van der Waals surface area contributed by atoms with Crippen LogP contribution in [0.2, 0.25) is 0 Å². The van der Waals surface area contributed by atoms with E-state index in [-0.39, 0.29) is 6.61 Å². The number of hydrogen-bond acceptors (Lipinski definition) is 3. The molecule has 0 spiro atoms. The molecule has 0 bridgehead atoms. The topological polar surface area (TPSA) is 46.5 Å². The molecule has 1 unspecified atom stereocenters. The molecule has 0 aromatic heterocycles. The summed E-state index contributed by atoms with van der Waals surface area (Å²) in [6, 6.07) is 8.68. The van der Waals surface area contributed by atoms with E-state index < -0.39 is 12.1 Å². The maximum atomic E-state index is 11.4. The zero-order valence-corrected chi connectivity index (χ0v) is 8.43. The number of aliphatic hydroxyl groups excluding tert-OH is 1. The molecule has 0 fully saturated rings. The number of esters is 1. The van der Waals surface area contributed by atoms with Gasteiger partial charge in [-0.3, -0.25) is 0 Å². The molecular weight excluding hydrogens is 192 g/mol. The molecule has 80 valence electrons. The van der Waals surface area contributed by atoms with Gasteiger partial charge in [0.1, 0.15) is 6.61 Å². The number of benzene rings is 1. The predicted octanol–water partition coefficient (Wildman–Crippen LogP) is 1.78. The first kappa shape index (κ1) is 11.5.